The van der Waals surface area contributed by atoms with E-state index in [1.54, 1.807) is 20.9 Å². The SMILES string of the molecule is CNC(=O)C(C)(C)CNC(=O)CCC(N)c1ccccc1. The first-order chi connectivity index (χ1) is 9.86. The zero-order valence-electron chi connectivity index (χ0n) is 13.0. The van der Waals surface area contributed by atoms with Crippen LogP contribution in [0.5, 0.6) is 0 Å². The van der Waals surface area contributed by atoms with E-state index in [1.165, 1.54) is 0 Å². The molecule has 0 aliphatic carbocycles. The van der Waals surface area contributed by atoms with Gasteiger partial charge in [-0.1, -0.05) is 30.3 Å². The van der Waals surface area contributed by atoms with Crippen molar-refractivity contribution < 1.29 is 9.59 Å². The van der Waals surface area contributed by atoms with Crippen LogP contribution in [0.25, 0.3) is 0 Å². The van der Waals surface area contributed by atoms with Gasteiger partial charge in [0.1, 0.15) is 0 Å². The molecule has 0 heterocycles. The van der Waals surface area contributed by atoms with Gasteiger partial charge in [-0.25, -0.2) is 0 Å². The summed E-state index contributed by atoms with van der Waals surface area (Å²) in [5, 5.41) is 5.38. The van der Waals surface area contributed by atoms with E-state index in [1.807, 2.05) is 30.3 Å². The summed E-state index contributed by atoms with van der Waals surface area (Å²) in [6, 6.07) is 9.56. The van der Waals surface area contributed by atoms with E-state index in [9.17, 15) is 9.59 Å². The highest BCUT2D eigenvalue weighted by molar-refractivity contribution is 5.83. The van der Waals surface area contributed by atoms with E-state index in [0.717, 1.165) is 5.56 Å². The Bertz CT molecular complexity index is 472. The highest BCUT2D eigenvalue weighted by Gasteiger charge is 2.26. The topological polar surface area (TPSA) is 84.2 Å². The van der Waals surface area contributed by atoms with Crippen LogP contribution < -0.4 is 16.4 Å². The Labute approximate surface area is 126 Å². The lowest BCUT2D eigenvalue weighted by Gasteiger charge is -2.23. The van der Waals surface area contributed by atoms with Crippen LogP contribution in [0.1, 0.15) is 38.3 Å². The molecule has 0 radical (unpaired) electrons. The number of benzene rings is 1. The largest absolute Gasteiger partial charge is 0.359 e. The molecule has 4 N–H and O–H groups in total. The van der Waals surface area contributed by atoms with Gasteiger partial charge in [-0.15, -0.1) is 0 Å². The number of carbonyl (C=O) groups is 2. The van der Waals surface area contributed by atoms with Gasteiger partial charge >= 0.3 is 0 Å². The highest BCUT2D eigenvalue weighted by Crippen LogP contribution is 2.16. The van der Waals surface area contributed by atoms with E-state index in [-0.39, 0.29) is 17.9 Å². The van der Waals surface area contributed by atoms with Crippen molar-refractivity contribution in [3.63, 3.8) is 0 Å². The first-order valence-electron chi connectivity index (χ1n) is 7.16. The summed E-state index contributed by atoms with van der Waals surface area (Å²) in [5.41, 5.74) is 6.46. The summed E-state index contributed by atoms with van der Waals surface area (Å²) < 4.78 is 0. The van der Waals surface area contributed by atoms with Gasteiger partial charge in [0.05, 0.1) is 5.41 Å². The van der Waals surface area contributed by atoms with Gasteiger partial charge in [0.2, 0.25) is 11.8 Å². The van der Waals surface area contributed by atoms with Gasteiger partial charge in [-0.3, -0.25) is 9.59 Å². The zero-order chi connectivity index (χ0) is 15.9. The fraction of sp³-hybridized carbons (Fsp3) is 0.500. The Kier molecular flexibility index (Phi) is 6.37. The average molecular weight is 291 g/mol. The summed E-state index contributed by atoms with van der Waals surface area (Å²) in [4.78, 5) is 23.5. The molecule has 0 saturated carbocycles. The molecule has 1 unspecified atom stereocenters. The minimum absolute atomic E-state index is 0.0849. The third-order valence-corrected chi connectivity index (χ3v) is 3.48. The molecule has 0 spiro atoms. The van der Waals surface area contributed by atoms with Crippen LogP contribution in [-0.2, 0) is 9.59 Å². The Morgan fingerprint density at radius 2 is 1.86 bits per heavy atom. The van der Waals surface area contributed by atoms with Crippen LogP contribution in [0, 0.1) is 5.41 Å². The summed E-state index contributed by atoms with van der Waals surface area (Å²) in [7, 11) is 1.59. The van der Waals surface area contributed by atoms with E-state index in [4.69, 9.17) is 5.73 Å². The molecular formula is C16H25N3O2. The fourth-order valence-electron chi connectivity index (χ4n) is 1.98. The van der Waals surface area contributed by atoms with Crippen molar-refractivity contribution in [3.05, 3.63) is 35.9 Å². The molecule has 5 heteroatoms. The quantitative estimate of drug-likeness (QED) is 0.709. The number of rotatable bonds is 7. The van der Waals surface area contributed by atoms with Gasteiger partial charge in [0.15, 0.2) is 0 Å². The standard InChI is InChI=1S/C16H25N3O2/c1-16(2,15(21)18-3)11-19-14(20)10-9-13(17)12-7-5-4-6-8-12/h4-8,13H,9-11,17H2,1-3H3,(H,18,21)(H,19,20). The molecule has 0 bridgehead atoms. The summed E-state index contributed by atoms with van der Waals surface area (Å²) in [6.07, 6.45) is 0.927. The van der Waals surface area contributed by atoms with E-state index >= 15 is 0 Å². The van der Waals surface area contributed by atoms with Crippen molar-refractivity contribution >= 4 is 11.8 Å². The van der Waals surface area contributed by atoms with Crippen LogP contribution in [0.3, 0.4) is 0 Å². The Morgan fingerprint density at radius 3 is 2.43 bits per heavy atom. The third-order valence-electron chi connectivity index (χ3n) is 3.48. The molecule has 1 atom stereocenters. The minimum atomic E-state index is -0.619. The Morgan fingerprint density at radius 1 is 1.24 bits per heavy atom. The molecule has 1 aromatic carbocycles. The molecule has 21 heavy (non-hydrogen) atoms. The number of hydrogen-bond acceptors (Lipinski definition) is 3. The van der Waals surface area contributed by atoms with Crippen molar-refractivity contribution in [1.29, 1.82) is 0 Å². The number of nitrogens with two attached hydrogens (primary N) is 1. The molecule has 0 fully saturated rings. The second-order valence-electron chi connectivity index (χ2n) is 5.80. The molecule has 5 nitrogen and oxygen atoms in total. The first-order valence-corrected chi connectivity index (χ1v) is 7.16. The predicted octanol–water partition coefficient (Wildman–Crippen LogP) is 1.36. The van der Waals surface area contributed by atoms with E-state index < -0.39 is 5.41 Å². The van der Waals surface area contributed by atoms with Gasteiger partial charge in [-0.2, -0.15) is 0 Å². The summed E-state index contributed by atoms with van der Waals surface area (Å²) in [6.45, 7) is 3.90. The van der Waals surface area contributed by atoms with Gasteiger partial charge in [0.25, 0.3) is 0 Å². The average Bonchev–Trinajstić information content (AvgIpc) is 2.50. The van der Waals surface area contributed by atoms with Crippen molar-refractivity contribution in [2.75, 3.05) is 13.6 Å². The monoisotopic (exact) mass is 291 g/mol. The smallest absolute Gasteiger partial charge is 0.227 e. The molecular weight excluding hydrogens is 266 g/mol. The maximum Gasteiger partial charge on any atom is 0.227 e. The van der Waals surface area contributed by atoms with E-state index in [0.29, 0.717) is 19.4 Å². The fourth-order valence-corrected chi connectivity index (χ4v) is 1.98. The van der Waals surface area contributed by atoms with Crippen LogP contribution in [-0.4, -0.2) is 25.4 Å². The molecule has 116 valence electrons. The second-order valence-corrected chi connectivity index (χ2v) is 5.80. The normalized spacial score (nSPS) is 12.6. The van der Waals surface area contributed by atoms with Crippen molar-refractivity contribution in [2.24, 2.45) is 11.1 Å². The van der Waals surface area contributed by atoms with Crippen LogP contribution in [0.4, 0.5) is 0 Å². The number of carbonyl (C=O) groups excluding carboxylic acids is 2. The number of hydrogen-bond donors (Lipinski definition) is 3. The second kappa shape index (κ2) is 7.78. The minimum Gasteiger partial charge on any atom is -0.359 e. The highest BCUT2D eigenvalue weighted by atomic mass is 16.2. The molecule has 0 saturated heterocycles. The van der Waals surface area contributed by atoms with Crippen molar-refractivity contribution in [2.45, 2.75) is 32.7 Å². The lowest BCUT2D eigenvalue weighted by atomic mass is 9.92. The van der Waals surface area contributed by atoms with Gasteiger partial charge < -0.3 is 16.4 Å². The maximum absolute atomic E-state index is 11.8. The zero-order valence-corrected chi connectivity index (χ0v) is 13.0. The molecule has 0 aliphatic rings. The van der Waals surface area contributed by atoms with Crippen molar-refractivity contribution in [1.82, 2.24) is 10.6 Å². The van der Waals surface area contributed by atoms with Gasteiger partial charge in [-0.05, 0) is 25.8 Å². The van der Waals surface area contributed by atoms with Crippen LogP contribution in [0.2, 0.25) is 0 Å². The third kappa shape index (κ3) is 5.55. The lowest BCUT2D eigenvalue weighted by molar-refractivity contribution is -0.129. The van der Waals surface area contributed by atoms with Crippen LogP contribution >= 0.6 is 0 Å². The maximum atomic E-state index is 11.8. The molecule has 2 amide bonds. The Hall–Kier alpha value is -1.88. The Balaban J connectivity index is 2.36. The molecule has 0 aliphatic heterocycles. The van der Waals surface area contributed by atoms with Crippen LogP contribution in [0.15, 0.2) is 30.3 Å². The summed E-state index contributed by atoms with van der Waals surface area (Å²) in [5.74, 6) is -0.179. The predicted molar refractivity (Wildman–Crippen MR) is 83.5 cm³/mol. The molecule has 0 aromatic heterocycles. The van der Waals surface area contributed by atoms with Crippen molar-refractivity contribution in [3.8, 4) is 0 Å². The molecule has 1 aromatic rings. The first kappa shape index (κ1) is 17.2. The number of nitrogens with one attached hydrogen (secondary N) is 2. The number of amides is 2. The summed E-state index contributed by atoms with van der Waals surface area (Å²) >= 11 is 0. The van der Waals surface area contributed by atoms with Gasteiger partial charge in [0, 0.05) is 26.1 Å². The molecule has 1 rings (SSSR count). The lowest BCUT2D eigenvalue weighted by Crippen LogP contribution is -2.43. The van der Waals surface area contributed by atoms with E-state index in [2.05, 4.69) is 10.6 Å².